The van der Waals surface area contributed by atoms with E-state index < -0.39 is 0 Å². The number of hydrogen-bond donors (Lipinski definition) is 1. The first-order chi connectivity index (χ1) is 9.60. The summed E-state index contributed by atoms with van der Waals surface area (Å²) in [4.78, 5) is 17.0. The van der Waals surface area contributed by atoms with Crippen LogP contribution >= 0.6 is 11.8 Å². The van der Waals surface area contributed by atoms with E-state index in [0.717, 1.165) is 36.7 Å². The molecule has 20 heavy (non-hydrogen) atoms. The molecule has 1 aromatic rings. The molecule has 106 valence electrons. The van der Waals surface area contributed by atoms with Gasteiger partial charge in [0.2, 0.25) is 5.91 Å². The first kappa shape index (κ1) is 13.7. The number of amidine groups is 1. The number of carbonyl (C=O) groups excluding carboxylic acids is 1. The average molecular weight is 288 g/mol. The summed E-state index contributed by atoms with van der Waals surface area (Å²) in [6.45, 7) is 5.01. The molecular weight excluding hydrogens is 268 g/mol. The Morgan fingerprint density at radius 2 is 1.95 bits per heavy atom. The summed E-state index contributed by atoms with van der Waals surface area (Å²) in [5.41, 5.74) is 3.29. The Bertz CT molecular complexity index is 556. The van der Waals surface area contributed by atoms with Crippen LogP contribution in [0.4, 0.5) is 0 Å². The minimum Gasteiger partial charge on any atom is -0.305 e. The lowest BCUT2D eigenvalue weighted by Crippen LogP contribution is -2.50. The van der Waals surface area contributed by atoms with Crippen LogP contribution in [-0.2, 0) is 10.2 Å². The Balaban J connectivity index is 1.88. The quantitative estimate of drug-likeness (QED) is 0.909. The molecule has 0 atom stereocenters. The molecule has 1 N–H and O–H groups in total. The summed E-state index contributed by atoms with van der Waals surface area (Å²) in [6.07, 6.45) is 3.01. The number of hydrogen-bond acceptors (Lipinski definition) is 3. The summed E-state index contributed by atoms with van der Waals surface area (Å²) in [7, 11) is 0. The van der Waals surface area contributed by atoms with Crippen LogP contribution < -0.4 is 5.32 Å². The van der Waals surface area contributed by atoms with E-state index in [0.29, 0.717) is 0 Å². The van der Waals surface area contributed by atoms with E-state index in [-0.39, 0.29) is 11.3 Å². The summed E-state index contributed by atoms with van der Waals surface area (Å²) in [5, 5.41) is 3.83. The van der Waals surface area contributed by atoms with Crippen molar-refractivity contribution in [2.75, 3.05) is 12.3 Å². The zero-order chi connectivity index (χ0) is 14.2. The zero-order valence-electron chi connectivity index (χ0n) is 12.0. The van der Waals surface area contributed by atoms with Crippen LogP contribution in [-0.4, -0.2) is 23.4 Å². The van der Waals surface area contributed by atoms with Crippen molar-refractivity contribution >= 4 is 22.8 Å². The van der Waals surface area contributed by atoms with Gasteiger partial charge in [-0.1, -0.05) is 47.5 Å². The Morgan fingerprint density at radius 1 is 1.25 bits per heavy atom. The van der Waals surface area contributed by atoms with E-state index in [2.05, 4.69) is 42.4 Å². The van der Waals surface area contributed by atoms with Gasteiger partial charge in [0.1, 0.15) is 0 Å². The Labute approximate surface area is 124 Å². The van der Waals surface area contributed by atoms with Gasteiger partial charge in [0.05, 0.1) is 12.0 Å². The van der Waals surface area contributed by atoms with E-state index in [9.17, 15) is 4.79 Å². The molecule has 0 bridgehead atoms. The standard InChI is InChI=1S/C16H20N2OS/c1-11-8-12(2)10-13(9-11)16(4-3-5-16)14(19)18-15-17-6-7-20-15/h8-10H,3-7H2,1-2H3,(H,17,18,19). The van der Waals surface area contributed by atoms with Gasteiger partial charge in [-0.15, -0.1) is 0 Å². The largest absolute Gasteiger partial charge is 0.305 e. The van der Waals surface area contributed by atoms with Crippen molar-refractivity contribution in [3.63, 3.8) is 0 Å². The Morgan fingerprint density at radius 3 is 2.45 bits per heavy atom. The van der Waals surface area contributed by atoms with Crippen molar-refractivity contribution in [3.05, 3.63) is 34.9 Å². The molecule has 1 aliphatic heterocycles. The third-order valence-electron chi connectivity index (χ3n) is 4.22. The first-order valence-corrected chi connectivity index (χ1v) is 8.16. The molecule has 1 fully saturated rings. The van der Waals surface area contributed by atoms with E-state index in [1.807, 2.05) is 0 Å². The monoisotopic (exact) mass is 288 g/mol. The fourth-order valence-electron chi connectivity index (χ4n) is 3.06. The van der Waals surface area contributed by atoms with Crippen molar-refractivity contribution < 1.29 is 4.79 Å². The van der Waals surface area contributed by atoms with Gasteiger partial charge in [-0.2, -0.15) is 0 Å². The SMILES string of the molecule is Cc1cc(C)cc(C2(C(=O)NC3=NCCS3)CCC2)c1. The Kier molecular flexibility index (Phi) is 3.59. The van der Waals surface area contributed by atoms with Crippen LogP contribution in [0.15, 0.2) is 23.2 Å². The number of thioether (sulfide) groups is 1. The molecule has 2 aliphatic rings. The number of benzene rings is 1. The Hall–Kier alpha value is -1.29. The summed E-state index contributed by atoms with van der Waals surface area (Å²) in [5.74, 6) is 1.11. The molecule has 1 aliphatic carbocycles. The van der Waals surface area contributed by atoms with Gasteiger partial charge < -0.3 is 5.32 Å². The fraction of sp³-hybridized carbons (Fsp3) is 0.500. The molecule has 0 unspecified atom stereocenters. The third kappa shape index (κ3) is 2.37. The molecule has 1 amide bonds. The normalized spacial score (nSPS) is 20.2. The highest BCUT2D eigenvalue weighted by Crippen LogP contribution is 2.44. The van der Waals surface area contributed by atoms with E-state index in [1.54, 1.807) is 11.8 Å². The van der Waals surface area contributed by atoms with Gasteiger partial charge in [-0.05, 0) is 32.3 Å². The second kappa shape index (κ2) is 5.24. The highest BCUT2D eigenvalue weighted by Gasteiger charge is 2.46. The highest BCUT2D eigenvalue weighted by molar-refractivity contribution is 8.14. The van der Waals surface area contributed by atoms with Gasteiger partial charge in [-0.25, -0.2) is 0 Å². The predicted octanol–water partition coefficient (Wildman–Crippen LogP) is 2.94. The maximum Gasteiger partial charge on any atom is 0.236 e. The molecule has 1 heterocycles. The van der Waals surface area contributed by atoms with E-state index in [1.165, 1.54) is 16.7 Å². The third-order valence-corrected chi connectivity index (χ3v) is 5.11. The molecule has 3 rings (SSSR count). The molecule has 0 aromatic heterocycles. The maximum atomic E-state index is 12.7. The van der Waals surface area contributed by atoms with Gasteiger partial charge in [-0.3, -0.25) is 9.79 Å². The van der Waals surface area contributed by atoms with E-state index >= 15 is 0 Å². The van der Waals surface area contributed by atoms with Gasteiger partial charge in [0.15, 0.2) is 5.17 Å². The number of rotatable bonds is 2. The number of nitrogens with zero attached hydrogens (tertiary/aromatic N) is 1. The first-order valence-electron chi connectivity index (χ1n) is 7.18. The van der Waals surface area contributed by atoms with Crippen LogP contribution in [0.1, 0.15) is 36.0 Å². The molecule has 4 heteroatoms. The molecule has 0 radical (unpaired) electrons. The van der Waals surface area contributed by atoms with Crippen molar-refractivity contribution in [3.8, 4) is 0 Å². The van der Waals surface area contributed by atoms with Crippen molar-refractivity contribution in [2.45, 2.75) is 38.5 Å². The van der Waals surface area contributed by atoms with Crippen LogP contribution in [0.2, 0.25) is 0 Å². The number of amides is 1. The number of aliphatic imine (C=N–C) groups is 1. The minimum atomic E-state index is -0.331. The van der Waals surface area contributed by atoms with Crippen LogP contribution in [0.3, 0.4) is 0 Å². The second-order valence-corrected chi connectivity index (χ2v) is 6.89. The lowest BCUT2D eigenvalue weighted by Gasteiger charge is -2.41. The van der Waals surface area contributed by atoms with Crippen LogP contribution in [0.25, 0.3) is 0 Å². The summed E-state index contributed by atoms with van der Waals surface area (Å²) >= 11 is 1.64. The van der Waals surface area contributed by atoms with E-state index in [4.69, 9.17) is 0 Å². The number of aryl methyl sites for hydroxylation is 2. The minimum absolute atomic E-state index is 0.127. The molecule has 0 saturated heterocycles. The lowest BCUT2D eigenvalue weighted by molar-refractivity contribution is -0.128. The molecule has 3 nitrogen and oxygen atoms in total. The average Bonchev–Trinajstić information content (AvgIpc) is 2.78. The predicted molar refractivity (Wildman–Crippen MR) is 84.3 cm³/mol. The molecular formula is C16H20N2OS. The molecule has 0 spiro atoms. The zero-order valence-corrected chi connectivity index (χ0v) is 12.8. The van der Waals surface area contributed by atoms with Crippen molar-refractivity contribution in [1.29, 1.82) is 0 Å². The van der Waals surface area contributed by atoms with Crippen LogP contribution in [0, 0.1) is 13.8 Å². The van der Waals surface area contributed by atoms with Gasteiger partial charge in [0, 0.05) is 5.75 Å². The van der Waals surface area contributed by atoms with Crippen molar-refractivity contribution in [1.82, 2.24) is 5.32 Å². The second-order valence-electron chi connectivity index (χ2n) is 5.80. The molecule has 1 aromatic carbocycles. The van der Waals surface area contributed by atoms with Crippen LogP contribution in [0.5, 0.6) is 0 Å². The van der Waals surface area contributed by atoms with Gasteiger partial charge >= 0.3 is 0 Å². The fourth-order valence-corrected chi connectivity index (χ4v) is 3.78. The summed E-state index contributed by atoms with van der Waals surface area (Å²) in [6, 6.07) is 6.48. The maximum absolute atomic E-state index is 12.7. The topological polar surface area (TPSA) is 41.5 Å². The number of nitrogens with one attached hydrogen (secondary N) is 1. The smallest absolute Gasteiger partial charge is 0.236 e. The number of carbonyl (C=O) groups is 1. The molecule has 1 saturated carbocycles. The van der Waals surface area contributed by atoms with Gasteiger partial charge in [0.25, 0.3) is 0 Å². The van der Waals surface area contributed by atoms with Crippen molar-refractivity contribution in [2.24, 2.45) is 4.99 Å². The summed E-state index contributed by atoms with van der Waals surface area (Å²) < 4.78 is 0. The lowest BCUT2D eigenvalue weighted by atomic mass is 9.63. The highest BCUT2D eigenvalue weighted by atomic mass is 32.2.